The number of ether oxygens (including phenoxy) is 2. The highest BCUT2D eigenvalue weighted by Crippen LogP contribution is 2.18. The lowest BCUT2D eigenvalue weighted by Gasteiger charge is -2.28. The Hall–Kier alpha value is -1.06. The second kappa shape index (κ2) is 2.90. The number of carbonyl (C=O) groups is 2. The van der Waals surface area contributed by atoms with Crippen LogP contribution in [0.3, 0.4) is 0 Å². The summed E-state index contributed by atoms with van der Waals surface area (Å²) in [5, 5.41) is 0. The first-order valence-electron chi connectivity index (χ1n) is 2.93. The van der Waals surface area contributed by atoms with E-state index in [-0.39, 0.29) is 13.8 Å². The molecule has 0 bridgehead atoms. The van der Waals surface area contributed by atoms with Gasteiger partial charge in [0.1, 0.15) is 6.42 Å². The van der Waals surface area contributed by atoms with Crippen LogP contribution in [0.5, 0.6) is 0 Å². The van der Waals surface area contributed by atoms with Gasteiger partial charge in [-0.2, -0.15) is 0 Å². The van der Waals surface area contributed by atoms with Crippen molar-refractivity contribution in [2.24, 2.45) is 0 Å². The molecule has 0 radical (unpaired) electrons. The monoisotopic (exact) mass is 160 g/mol. The van der Waals surface area contributed by atoms with Gasteiger partial charge in [-0.25, -0.2) is 0 Å². The Morgan fingerprint density at radius 1 is 1.18 bits per heavy atom. The van der Waals surface area contributed by atoms with E-state index in [1.54, 1.807) is 0 Å². The molecule has 11 heavy (non-hydrogen) atoms. The van der Waals surface area contributed by atoms with Crippen LogP contribution in [0, 0.1) is 0 Å². The minimum Gasteiger partial charge on any atom is -0.423 e. The van der Waals surface area contributed by atoms with Crippen molar-refractivity contribution in [3.05, 3.63) is 0 Å². The Labute approximate surface area is 65.5 Å². The van der Waals surface area contributed by atoms with Crippen molar-refractivity contribution in [3.8, 4) is 0 Å². The van der Waals surface area contributed by atoms with Gasteiger partial charge in [0.05, 0.1) is 0 Å². The summed E-state index contributed by atoms with van der Waals surface area (Å²) in [5.41, 5.74) is 0. The number of carbonyl (C=O) groups excluding carboxylic acids is 2. The van der Waals surface area contributed by atoms with E-state index in [1.165, 1.54) is 13.8 Å². The van der Waals surface area contributed by atoms with E-state index < -0.39 is 17.7 Å². The predicted octanol–water partition coefficient (Wildman–Crippen LogP) is 0.849. The topological polar surface area (TPSA) is 52.6 Å². The fraction of sp³-hybridized carbons (Fsp3) is 0.714. The molecule has 64 valence electrons. The summed E-state index contributed by atoms with van der Waals surface area (Å²) in [4.78, 5) is 21.1. The Morgan fingerprint density at radius 2 is 1.55 bits per heavy atom. The summed E-state index contributed by atoms with van der Waals surface area (Å²) in [6.45, 7) is 3.03. The molecule has 1 aliphatic heterocycles. The fourth-order valence-electron chi connectivity index (χ4n) is 0.759. The largest absolute Gasteiger partial charge is 0.423 e. The first-order valence-corrected chi connectivity index (χ1v) is 2.93. The molecule has 4 heteroatoms. The van der Waals surface area contributed by atoms with Gasteiger partial charge < -0.3 is 9.47 Å². The summed E-state index contributed by atoms with van der Waals surface area (Å²) in [6.07, 6.45) is -0.274. The van der Waals surface area contributed by atoms with E-state index in [1.807, 2.05) is 0 Å². The Morgan fingerprint density at radius 3 is 1.82 bits per heavy atom. The van der Waals surface area contributed by atoms with Gasteiger partial charge in [-0.1, -0.05) is 7.43 Å². The SMILES string of the molecule is C.CC1(C)OC(=O)CC(=O)O1. The normalized spacial score (nSPS) is 21.3. The fourth-order valence-corrected chi connectivity index (χ4v) is 0.759. The van der Waals surface area contributed by atoms with E-state index in [4.69, 9.17) is 0 Å². The van der Waals surface area contributed by atoms with Gasteiger partial charge in [0, 0.05) is 13.8 Å². The molecule has 0 N–H and O–H groups in total. The van der Waals surface area contributed by atoms with Crippen LogP contribution in [0.1, 0.15) is 27.7 Å². The predicted molar refractivity (Wildman–Crippen MR) is 37.6 cm³/mol. The third-order valence-electron chi connectivity index (χ3n) is 1.01. The lowest BCUT2D eigenvalue weighted by atomic mass is 10.3. The first-order chi connectivity index (χ1) is 4.49. The number of esters is 2. The third kappa shape index (κ3) is 2.57. The molecular formula is C7H12O4. The zero-order valence-corrected chi connectivity index (χ0v) is 5.84. The summed E-state index contributed by atoms with van der Waals surface area (Å²) >= 11 is 0. The van der Waals surface area contributed by atoms with Crippen molar-refractivity contribution in [2.75, 3.05) is 0 Å². The quantitative estimate of drug-likeness (QED) is 0.389. The van der Waals surface area contributed by atoms with Gasteiger partial charge >= 0.3 is 11.9 Å². The van der Waals surface area contributed by atoms with Crippen LogP contribution >= 0.6 is 0 Å². The molecule has 0 atom stereocenters. The maximum Gasteiger partial charge on any atom is 0.320 e. The summed E-state index contributed by atoms with van der Waals surface area (Å²) < 4.78 is 9.32. The lowest BCUT2D eigenvalue weighted by Crippen LogP contribution is -2.39. The second-order valence-corrected chi connectivity index (χ2v) is 2.52. The molecule has 0 aromatic rings. The average Bonchev–Trinajstić information content (AvgIpc) is 1.54. The van der Waals surface area contributed by atoms with Gasteiger partial charge in [0.15, 0.2) is 0 Å². The number of rotatable bonds is 0. The molecule has 1 fully saturated rings. The minimum atomic E-state index is -1.08. The molecule has 4 nitrogen and oxygen atoms in total. The molecule has 0 aromatic carbocycles. The van der Waals surface area contributed by atoms with Gasteiger partial charge in [0.25, 0.3) is 5.79 Å². The summed E-state index contributed by atoms with van der Waals surface area (Å²) in [5.74, 6) is -2.13. The highest BCUT2D eigenvalue weighted by atomic mass is 16.7. The maximum absolute atomic E-state index is 10.6. The molecule has 0 aliphatic carbocycles. The van der Waals surface area contributed by atoms with E-state index in [0.717, 1.165) is 0 Å². The summed E-state index contributed by atoms with van der Waals surface area (Å²) in [6, 6.07) is 0. The molecule has 0 spiro atoms. The zero-order valence-electron chi connectivity index (χ0n) is 5.84. The van der Waals surface area contributed by atoms with Crippen LogP contribution in [-0.4, -0.2) is 17.7 Å². The Bertz CT molecular complexity index is 165. The molecule has 1 saturated heterocycles. The molecular weight excluding hydrogens is 148 g/mol. The number of hydrogen-bond acceptors (Lipinski definition) is 4. The van der Waals surface area contributed by atoms with E-state index in [0.29, 0.717) is 0 Å². The van der Waals surface area contributed by atoms with Crippen LogP contribution in [0.2, 0.25) is 0 Å². The van der Waals surface area contributed by atoms with Gasteiger partial charge in [-0.05, 0) is 0 Å². The minimum absolute atomic E-state index is 0. The average molecular weight is 160 g/mol. The van der Waals surface area contributed by atoms with Crippen molar-refractivity contribution < 1.29 is 19.1 Å². The molecule has 1 rings (SSSR count). The van der Waals surface area contributed by atoms with Gasteiger partial charge in [-0.15, -0.1) is 0 Å². The van der Waals surface area contributed by atoms with Crippen LogP contribution in [0.25, 0.3) is 0 Å². The molecule has 0 saturated carbocycles. The van der Waals surface area contributed by atoms with E-state index in [9.17, 15) is 9.59 Å². The van der Waals surface area contributed by atoms with Crippen molar-refractivity contribution in [1.82, 2.24) is 0 Å². The Kier molecular flexibility index (Phi) is 2.62. The zero-order chi connectivity index (χ0) is 7.78. The summed E-state index contributed by atoms with van der Waals surface area (Å²) in [7, 11) is 0. The Balaban J connectivity index is 0.000001000. The van der Waals surface area contributed by atoms with Crippen molar-refractivity contribution in [1.29, 1.82) is 0 Å². The molecule has 0 unspecified atom stereocenters. The van der Waals surface area contributed by atoms with E-state index in [2.05, 4.69) is 9.47 Å². The molecule has 0 aromatic heterocycles. The molecule has 1 heterocycles. The van der Waals surface area contributed by atoms with Crippen LogP contribution < -0.4 is 0 Å². The van der Waals surface area contributed by atoms with Gasteiger partial charge in [0.2, 0.25) is 0 Å². The van der Waals surface area contributed by atoms with Crippen LogP contribution in [0.15, 0.2) is 0 Å². The van der Waals surface area contributed by atoms with Crippen molar-refractivity contribution >= 4 is 11.9 Å². The number of hydrogen-bond donors (Lipinski definition) is 0. The highest BCUT2D eigenvalue weighted by molar-refractivity contribution is 5.92. The second-order valence-electron chi connectivity index (χ2n) is 2.52. The molecule has 0 amide bonds. The van der Waals surface area contributed by atoms with Crippen LogP contribution in [-0.2, 0) is 19.1 Å². The van der Waals surface area contributed by atoms with Crippen LogP contribution in [0.4, 0.5) is 0 Å². The van der Waals surface area contributed by atoms with Crippen molar-refractivity contribution in [2.45, 2.75) is 33.5 Å². The highest BCUT2D eigenvalue weighted by Gasteiger charge is 2.34. The smallest absolute Gasteiger partial charge is 0.320 e. The first kappa shape index (κ1) is 9.94. The van der Waals surface area contributed by atoms with E-state index >= 15 is 0 Å². The van der Waals surface area contributed by atoms with Gasteiger partial charge in [-0.3, -0.25) is 9.59 Å². The standard InChI is InChI=1S/C6H8O4.CH4/c1-6(2)9-4(7)3-5(8)10-6;/h3H2,1-2H3;1H4. The lowest BCUT2D eigenvalue weighted by molar-refractivity contribution is -0.231. The number of cyclic esters (lactones) is 2. The molecule has 1 aliphatic rings. The third-order valence-corrected chi connectivity index (χ3v) is 1.01. The maximum atomic E-state index is 10.6. The van der Waals surface area contributed by atoms with Crippen molar-refractivity contribution in [3.63, 3.8) is 0 Å².